The van der Waals surface area contributed by atoms with E-state index in [1.54, 1.807) is 0 Å². The van der Waals surface area contributed by atoms with E-state index >= 15 is 0 Å². The zero-order valence-corrected chi connectivity index (χ0v) is 4.50. The third-order valence-corrected chi connectivity index (χ3v) is 1.18. The van der Waals surface area contributed by atoms with Crippen molar-refractivity contribution >= 4 is 0 Å². The highest BCUT2D eigenvalue weighted by molar-refractivity contribution is 5.28. The van der Waals surface area contributed by atoms with Gasteiger partial charge >= 0.3 is 0 Å². The maximum atomic E-state index is 11.8. The average Bonchev–Trinajstić information content (AvgIpc) is 2.22. The van der Waals surface area contributed by atoms with Gasteiger partial charge in [-0.2, -0.15) is 0 Å². The molecular formula is C6H9F. The molecule has 1 aliphatic carbocycles. The quantitative estimate of drug-likeness (QED) is 0.500. The first-order valence-electron chi connectivity index (χ1n) is 2.71. The Bertz CT molecular complexity index is 103. The molecule has 0 spiro atoms. The lowest BCUT2D eigenvalue weighted by Crippen LogP contribution is -1.59. The summed E-state index contributed by atoms with van der Waals surface area (Å²) < 4.78 is 11.8. The van der Waals surface area contributed by atoms with Crippen molar-refractivity contribution in [2.75, 3.05) is 0 Å². The number of hydrogen-bond acceptors (Lipinski definition) is 0. The van der Waals surface area contributed by atoms with Gasteiger partial charge in [-0.25, -0.2) is 4.39 Å². The molecule has 0 N–H and O–H groups in total. The largest absolute Gasteiger partial charge is 0.212 e. The summed E-state index contributed by atoms with van der Waals surface area (Å²) in [6, 6.07) is 0. The zero-order valence-electron chi connectivity index (χ0n) is 4.50. The summed E-state index contributed by atoms with van der Waals surface area (Å²) in [5, 5.41) is 0. The molecule has 1 aliphatic rings. The molecule has 0 heterocycles. The van der Waals surface area contributed by atoms with E-state index in [2.05, 4.69) is 6.92 Å². The van der Waals surface area contributed by atoms with Crippen LogP contribution in [0.25, 0.3) is 0 Å². The minimum atomic E-state index is 0.141. The number of halogens is 1. The molecule has 0 bridgehead atoms. The Hall–Kier alpha value is -0.330. The fourth-order valence-corrected chi connectivity index (χ4v) is 0.669. The topological polar surface area (TPSA) is 0 Å². The Morgan fingerprint density at radius 3 is 2.43 bits per heavy atom. The van der Waals surface area contributed by atoms with E-state index in [1.165, 1.54) is 0 Å². The Morgan fingerprint density at radius 1 is 1.71 bits per heavy atom. The lowest BCUT2D eigenvalue weighted by atomic mass is 10.3. The van der Waals surface area contributed by atoms with Crippen LogP contribution >= 0.6 is 0 Å². The van der Waals surface area contributed by atoms with Gasteiger partial charge in [0.15, 0.2) is 0 Å². The van der Waals surface area contributed by atoms with Crippen molar-refractivity contribution in [2.45, 2.75) is 26.2 Å². The van der Waals surface area contributed by atoms with Gasteiger partial charge in [0.05, 0.1) is 0 Å². The highest BCUT2D eigenvalue weighted by Gasteiger charge is 2.18. The molecule has 0 aromatic carbocycles. The van der Waals surface area contributed by atoms with Crippen molar-refractivity contribution in [3.8, 4) is 0 Å². The van der Waals surface area contributed by atoms with Crippen molar-refractivity contribution < 1.29 is 4.39 Å². The third-order valence-electron chi connectivity index (χ3n) is 1.18. The summed E-state index contributed by atoms with van der Waals surface area (Å²) >= 11 is 0. The van der Waals surface area contributed by atoms with E-state index in [4.69, 9.17) is 0 Å². The van der Waals surface area contributed by atoms with Gasteiger partial charge in [0.1, 0.15) is 5.83 Å². The summed E-state index contributed by atoms with van der Waals surface area (Å²) in [5.41, 5.74) is 1.04. The van der Waals surface area contributed by atoms with Crippen molar-refractivity contribution in [1.29, 1.82) is 0 Å². The molecule has 0 nitrogen and oxygen atoms in total. The van der Waals surface area contributed by atoms with Crippen LogP contribution < -0.4 is 0 Å². The third kappa shape index (κ3) is 1.02. The van der Waals surface area contributed by atoms with E-state index in [0.29, 0.717) is 6.42 Å². The molecule has 1 heteroatoms. The summed E-state index contributed by atoms with van der Waals surface area (Å²) in [6.45, 7) is 2.07. The van der Waals surface area contributed by atoms with Crippen LogP contribution in [-0.2, 0) is 0 Å². The van der Waals surface area contributed by atoms with Crippen LogP contribution in [0.15, 0.2) is 11.4 Å². The normalized spacial score (nSPS) is 18.0. The molecule has 7 heavy (non-hydrogen) atoms. The molecule has 40 valence electrons. The first-order chi connectivity index (χ1) is 3.34. The number of rotatable bonds is 2. The van der Waals surface area contributed by atoms with E-state index in [9.17, 15) is 4.39 Å². The van der Waals surface area contributed by atoms with Crippen LogP contribution in [0.5, 0.6) is 0 Å². The standard InChI is InChI=1S/C6H9F/c1-2-3-5-4-6(5)7/h2-4H2,1H3. The molecule has 0 radical (unpaired) electrons. The van der Waals surface area contributed by atoms with Crippen LogP contribution in [-0.4, -0.2) is 0 Å². The number of hydrogen-bond donors (Lipinski definition) is 0. The highest BCUT2D eigenvalue weighted by atomic mass is 19.1. The Morgan fingerprint density at radius 2 is 2.29 bits per heavy atom. The molecule has 0 aromatic rings. The van der Waals surface area contributed by atoms with E-state index in [0.717, 1.165) is 18.4 Å². The summed E-state index contributed by atoms with van der Waals surface area (Å²) in [5.74, 6) is 0.141. The van der Waals surface area contributed by atoms with E-state index in [1.807, 2.05) is 0 Å². The molecule has 0 saturated carbocycles. The van der Waals surface area contributed by atoms with Gasteiger partial charge in [-0.1, -0.05) is 13.3 Å². The van der Waals surface area contributed by atoms with Crippen molar-refractivity contribution in [1.82, 2.24) is 0 Å². The van der Waals surface area contributed by atoms with Crippen LogP contribution in [0.3, 0.4) is 0 Å². The van der Waals surface area contributed by atoms with E-state index < -0.39 is 0 Å². The van der Waals surface area contributed by atoms with Crippen molar-refractivity contribution in [3.05, 3.63) is 11.4 Å². The smallest absolute Gasteiger partial charge is 0.104 e. The molecule has 0 aliphatic heterocycles. The van der Waals surface area contributed by atoms with Crippen LogP contribution in [0, 0.1) is 0 Å². The fraction of sp³-hybridized carbons (Fsp3) is 0.667. The van der Waals surface area contributed by atoms with Crippen LogP contribution in [0.2, 0.25) is 0 Å². The monoisotopic (exact) mass is 100 g/mol. The predicted molar refractivity (Wildman–Crippen MR) is 27.7 cm³/mol. The molecular weight excluding hydrogens is 91.1 g/mol. The average molecular weight is 100 g/mol. The van der Waals surface area contributed by atoms with Crippen molar-refractivity contribution in [3.63, 3.8) is 0 Å². The summed E-state index contributed by atoms with van der Waals surface area (Å²) in [6.07, 6.45) is 2.74. The van der Waals surface area contributed by atoms with Crippen molar-refractivity contribution in [2.24, 2.45) is 0 Å². The molecule has 0 unspecified atom stereocenters. The summed E-state index contributed by atoms with van der Waals surface area (Å²) in [7, 11) is 0. The lowest BCUT2D eigenvalue weighted by molar-refractivity contribution is 0.670. The zero-order chi connectivity index (χ0) is 5.28. The van der Waals surface area contributed by atoms with Gasteiger partial charge in [-0.3, -0.25) is 0 Å². The maximum Gasteiger partial charge on any atom is 0.104 e. The van der Waals surface area contributed by atoms with Crippen LogP contribution in [0.1, 0.15) is 26.2 Å². The highest BCUT2D eigenvalue weighted by Crippen LogP contribution is 2.34. The maximum absolute atomic E-state index is 11.8. The molecule has 0 amide bonds. The molecule has 1 rings (SSSR count). The Kier molecular flexibility index (Phi) is 1.13. The van der Waals surface area contributed by atoms with Gasteiger partial charge in [0, 0.05) is 6.42 Å². The molecule has 0 saturated heterocycles. The molecule has 0 aromatic heterocycles. The lowest BCUT2D eigenvalue weighted by Gasteiger charge is -1.77. The minimum absolute atomic E-state index is 0.141. The predicted octanol–water partition coefficient (Wildman–Crippen LogP) is 2.41. The number of allylic oxidation sites excluding steroid dienone is 2. The second-order valence-electron chi connectivity index (χ2n) is 1.94. The second-order valence-corrected chi connectivity index (χ2v) is 1.94. The van der Waals surface area contributed by atoms with Gasteiger partial charge in [-0.15, -0.1) is 0 Å². The van der Waals surface area contributed by atoms with E-state index in [-0.39, 0.29) is 5.83 Å². The molecule has 0 fully saturated rings. The first-order valence-corrected chi connectivity index (χ1v) is 2.71. The summed E-state index contributed by atoms with van der Waals surface area (Å²) in [4.78, 5) is 0. The van der Waals surface area contributed by atoms with Gasteiger partial charge in [0.25, 0.3) is 0 Å². The molecule has 0 atom stereocenters. The van der Waals surface area contributed by atoms with Gasteiger partial charge in [0.2, 0.25) is 0 Å². The fourth-order valence-electron chi connectivity index (χ4n) is 0.669. The second kappa shape index (κ2) is 1.65. The van der Waals surface area contributed by atoms with Gasteiger partial charge in [-0.05, 0) is 12.0 Å². The van der Waals surface area contributed by atoms with Gasteiger partial charge < -0.3 is 0 Å². The Labute approximate surface area is 43.0 Å². The minimum Gasteiger partial charge on any atom is -0.212 e. The Balaban J connectivity index is 2.19. The SMILES string of the molecule is CCCC1=C(F)C1. The first kappa shape index (κ1) is 4.82. The van der Waals surface area contributed by atoms with Crippen LogP contribution in [0.4, 0.5) is 4.39 Å².